The van der Waals surface area contributed by atoms with Gasteiger partial charge in [-0.1, -0.05) is 24.3 Å². The van der Waals surface area contributed by atoms with Gasteiger partial charge in [0.2, 0.25) is 0 Å². The fraction of sp³-hybridized carbons (Fsp3) is 0.250. The van der Waals surface area contributed by atoms with Crippen molar-refractivity contribution in [2.24, 2.45) is 0 Å². The Kier molecular flexibility index (Phi) is 5.96. The maximum Gasteiger partial charge on any atom is 0.383 e. The first-order chi connectivity index (χ1) is 12.4. The first kappa shape index (κ1) is 18.9. The van der Waals surface area contributed by atoms with Crippen LogP contribution in [0.25, 0.3) is 10.9 Å². The summed E-state index contributed by atoms with van der Waals surface area (Å²) in [6, 6.07) is 15.6. The minimum Gasteiger partial charge on any atom is -0.417 e. The molecule has 0 radical (unpaired) electrons. The molecule has 0 amide bonds. The van der Waals surface area contributed by atoms with Gasteiger partial charge in [-0.25, -0.2) is 4.79 Å². The average molecular weight is 388 g/mol. The van der Waals surface area contributed by atoms with Crippen LogP contribution in [0.5, 0.6) is 5.75 Å². The molecule has 0 bridgehead atoms. The highest BCUT2D eigenvalue weighted by Gasteiger charge is 2.16. The Morgan fingerprint density at radius 3 is 2.58 bits per heavy atom. The van der Waals surface area contributed by atoms with Crippen LogP contribution in [0.1, 0.15) is 5.56 Å². The quantitative estimate of drug-likeness (QED) is 0.351. The third-order valence-electron chi connectivity index (χ3n) is 3.94. The Morgan fingerprint density at radius 2 is 1.85 bits per heavy atom. The topological polar surface area (TPSA) is 42.1 Å². The van der Waals surface area contributed by atoms with Crippen LogP contribution in [-0.2, 0) is 6.42 Å². The molecule has 0 saturated carbocycles. The zero-order valence-electron chi connectivity index (χ0n) is 15.2. The number of quaternary nitrogens is 1. The Balaban J connectivity index is 1.72. The molecule has 3 rings (SSSR count). The molecule has 0 saturated heterocycles. The largest absolute Gasteiger partial charge is 0.417 e. The lowest BCUT2D eigenvalue weighted by molar-refractivity contribution is -0.870. The SMILES string of the molecule is C[N+](C)(C)CCc1c[nH]c2cccc(OC(=O)SSc3ccccc3)c12. The predicted octanol–water partition coefficient (Wildman–Crippen LogP) is 5.36. The van der Waals surface area contributed by atoms with Crippen LogP contribution in [0.4, 0.5) is 4.79 Å². The Bertz CT molecular complexity index is 886. The van der Waals surface area contributed by atoms with Gasteiger partial charge in [-0.3, -0.25) is 0 Å². The highest BCUT2D eigenvalue weighted by molar-refractivity contribution is 8.82. The molecule has 136 valence electrons. The van der Waals surface area contributed by atoms with Crippen molar-refractivity contribution in [1.82, 2.24) is 4.98 Å². The Morgan fingerprint density at radius 1 is 1.08 bits per heavy atom. The average Bonchev–Trinajstić information content (AvgIpc) is 3.03. The molecule has 0 aliphatic carbocycles. The van der Waals surface area contributed by atoms with Crippen LogP contribution >= 0.6 is 21.6 Å². The van der Waals surface area contributed by atoms with Crippen molar-refractivity contribution >= 4 is 37.8 Å². The van der Waals surface area contributed by atoms with E-state index in [0.29, 0.717) is 5.75 Å². The number of hydrogen-bond donors (Lipinski definition) is 1. The van der Waals surface area contributed by atoms with Crippen molar-refractivity contribution < 1.29 is 14.0 Å². The second kappa shape index (κ2) is 8.20. The second-order valence-electron chi connectivity index (χ2n) is 7.09. The fourth-order valence-electron chi connectivity index (χ4n) is 2.62. The van der Waals surface area contributed by atoms with Crippen LogP contribution in [0.3, 0.4) is 0 Å². The van der Waals surface area contributed by atoms with Gasteiger partial charge in [0.1, 0.15) is 5.75 Å². The normalized spacial score (nSPS) is 11.7. The van der Waals surface area contributed by atoms with Crippen LogP contribution in [0.2, 0.25) is 0 Å². The number of aromatic nitrogens is 1. The van der Waals surface area contributed by atoms with Gasteiger partial charge in [0.25, 0.3) is 0 Å². The molecular formula is C20H23N2O2S2+. The lowest BCUT2D eigenvalue weighted by Crippen LogP contribution is -2.36. The van der Waals surface area contributed by atoms with E-state index >= 15 is 0 Å². The molecular weight excluding hydrogens is 364 g/mol. The number of likely N-dealkylation sites (N-methyl/N-ethyl adjacent to an activating group) is 1. The first-order valence-corrected chi connectivity index (χ1v) is 10.6. The highest BCUT2D eigenvalue weighted by Crippen LogP contribution is 2.35. The van der Waals surface area contributed by atoms with Gasteiger partial charge in [-0.2, -0.15) is 0 Å². The van der Waals surface area contributed by atoms with E-state index < -0.39 is 0 Å². The smallest absolute Gasteiger partial charge is 0.383 e. The minimum absolute atomic E-state index is 0.315. The van der Waals surface area contributed by atoms with E-state index in [-0.39, 0.29) is 5.30 Å². The molecule has 0 spiro atoms. The Hall–Kier alpha value is -1.89. The predicted molar refractivity (Wildman–Crippen MR) is 111 cm³/mol. The van der Waals surface area contributed by atoms with E-state index in [0.717, 1.165) is 44.0 Å². The van der Waals surface area contributed by atoms with Gasteiger partial charge in [0.15, 0.2) is 0 Å². The van der Waals surface area contributed by atoms with Gasteiger partial charge in [0, 0.05) is 39.2 Å². The summed E-state index contributed by atoms with van der Waals surface area (Å²) < 4.78 is 6.55. The van der Waals surface area contributed by atoms with Gasteiger partial charge in [0.05, 0.1) is 27.7 Å². The van der Waals surface area contributed by atoms with Crippen LogP contribution < -0.4 is 4.74 Å². The van der Waals surface area contributed by atoms with Gasteiger partial charge in [-0.05, 0) is 40.6 Å². The van der Waals surface area contributed by atoms with Gasteiger partial charge >= 0.3 is 5.30 Å². The number of nitrogens with zero attached hydrogens (tertiary/aromatic N) is 1. The lowest BCUT2D eigenvalue weighted by Gasteiger charge is -2.23. The van der Waals surface area contributed by atoms with Crippen molar-refractivity contribution in [3.05, 3.63) is 60.3 Å². The standard InChI is InChI=1S/C20H23N2O2S2/c1-22(2,3)13-12-15-14-21-17-10-7-11-18(19(15)17)24-20(23)26-25-16-8-5-4-6-9-16/h4-11,14,21H,12-13H2,1-3H3/q+1. The molecule has 0 unspecified atom stereocenters. The summed E-state index contributed by atoms with van der Waals surface area (Å²) in [4.78, 5) is 16.6. The van der Waals surface area contributed by atoms with Crippen molar-refractivity contribution in [2.45, 2.75) is 11.3 Å². The third kappa shape index (κ3) is 5.06. The third-order valence-corrected chi connectivity index (χ3v) is 5.95. The number of benzene rings is 2. The summed E-state index contributed by atoms with van der Waals surface area (Å²) in [6.07, 6.45) is 2.94. The molecule has 0 aliphatic heterocycles. The van der Waals surface area contributed by atoms with E-state index in [1.165, 1.54) is 16.4 Å². The maximum atomic E-state index is 12.3. The maximum absolute atomic E-state index is 12.3. The van der Waals surface area contributed by atoms with E-state index in [1.54, 1.807) is 0 Å². The molecule has 3 aromatic rings. The summed E-state index contributed by atoms with van der Waals surface area (Å²) in [5, 5.41) is 0.685. The molecule has 4 nitrogen and oxygen atoms in total. The molecule has 26 heavy (non-hydrogen) atoms. The van der Waals surface area contributed by atoms with Crippen LogP contribution in [0.15, 0.2) is 59.6 Å². The molecule has 1 N–H and O–H groups in total. The van der Waals surface area contributed by atoms with Crippen molar-refractivity contribution in [3.63, 3.8) is 0 Å². The number of ether oxygens (including phenoxy) is 1. The number of aromatic amines is 1. The molecule has 0 fully saturated rings. The zero-order chi connectivity index (χ0) is 18.6. The van der Waals surface area contributed by atoms with Gasteiger partial charge < -0.3 is 14.2 Å². The first-order valence-electron chi connectivity index (χ1n) is 8.43. The summed E-state index contributed by atoms with van der Waals surface area (Å²) in [5.41, 5.74) is 2.17. The summed E-state index contributed by atoms with van der Waals surface area (Å²) in [7, 11) is 9.03. The summed E-state index contributed by atoms with van der Waals surface area (Å²) in [5.74, 6) is 0.617. The molecule has 6 heteroatoms. The van der Waals surface area contributed by atoms with Gasteiger partial charge in [-0.15, -0.1) is 0 Å². The van der Waals surface area contributed by atoms with E-state index in [9.17, 15) is 4.79 Å². The zero-order valence-corrected chi connectivity index (χ0v) is 16.8. The summed E-state index contributed by atoms with van der Waals surface area (Å²) >= 11 is 0. The van der Waals surface area contributed by atoms with Crippen molar-refractivity contribution in [2.75, 3.05) is 27.7 Å². The van der Waals surface area contributed by atoms with E-state index in [4.69, 9.17) is 4.74 Å². The van der Waals surface area contributed by atoms with E-state index in [2.05, 4.69) is 26.1 Å². The van der Waals surface area contributed by atoms with Crippen LogP contribution in [-0.4, -0.2) is 42.5 Å². The minimum atomic E-state index is -0.315. The molecule has 0 atom stereocenters. The van der Waals surface area contributed by atoms with Crippen molar-refractivity contribution in [1.29, 1.82) is 0 Å². The number of nitrogens with one attached hydrogen (secondary N) is 1. The molecule has 1 heterocycles. The highest BCUT2D eigenvalue weighted by atomic mass is 33.1. The number of hydrogen-bond acceptors (Lipinski definition) is 4. The molecule has 2 aromatic carbocycles. The monoisotopic (exact) mass is 387 g/mol. The second-order valence-corrected chi connectivity index (χ2v) is 9.23. The van der Waals surface area contributed by atoms with Crippen molar-refractivity contribution in [3.8, 4) is 5.75 Å². The number of carbonyl (C=O) groups is 1. The number of H-pyrrole nitrogens is 1. The fourth-order valence-corrected chi connectivity index (χ4v) is 4.11. The number of carbonyl (C=O) groups excluding carboxylic acids is 1. The van der Waals surface area contributed by atoms with Crippen LogP contribution in [0, 0.1) is 0 Å². The summed E-state index contributed by atoms with van der Waals surface area (Å²) in [6.45, 7) is 1.01. The number of fused-ring (bicyclic) bond motifs is 1. The number of rotatable bonds is 6. The molecule has 1 aromatic heterocycles. The van der Waals surface area contributed by atoms with E-state index in [1.807, 2.05) is 54.7 Å². The molecule has 0 aliphatic rings. The Labute approximate surface area is 161 Å². The lowest BCUT2D eigenvalue weighted by atomic mass is 10.1.